The Kier molecular flexibility index (Phi) is 5.06. The first-order valence-electron chi connectivity index (χ1n) is 7.42. The van der Waals surface area contributed by atoms with Crippen molar-refractivity contribution in [1.29, 1.82) is 0 Å². The Morgan fingerprint density at radius 1 is 1.24 bits per heavy atom. The maximum Gasteiger partial charge on any atom is 0.142 e. The molecule has 0 aromatic carbocycles. The molecule has 4 nitrogen and oxygen atoms in total. The van der Waals surface area contributed by atoms with E-state index in [0.29, 0.717) is 0 Å². The third-order valence-electron chi connectivity index (χ3n) is 3.04. The molecule has 5 heteroatoms. The van der Waals surface area contributed by atoms with E-state index in [4.69, 9.17) is 4.98 Å². The van der Waals surface area contributed by atoms with Gasteiger partial charge in [-0.25, -0.2) is 15.0 Å². The summed E-state index contributed by atoms with van der Waals surface area (Å²) in [5.41, 5.74) is 2.23. The van der Waals surface area contributed by atoms with E-state index in [-0.39, 0.29) is 5.54 Å². The molecule has 0 aliphatic rings. The molecule has 0 aliphatic carbocycles. The largest absolute Gasteiger partial charge is 0.307 e. The van der Waals surface area contributed by atoms with Crippen molar-refractivity contribution in [2.24, 2.45) is 0 Å². The third-order valence-corrected chi connectivity index (χ3v) is 4.16. The predicted octanol–water partition coefficient (Wildman–Crippen LogP) is 3.75. The van der Waals surface area contributed by atoms with Crippen molar-refractivity contribution in [3.8, 4) is 10.7 Å². The number of hydrogen-bond donors (Lipinski definition) is 1. The van der Waals surface area contributed by atoms with E-state index in [9.17, 15) is 0 Å². The smallest absolute Gasteiger partial charge is 0.142 e. The van der Waals surface area contributed by atoms with Crippen LogP contribution < -0.4 is 5.32 Å². The first-order valence-corrected chi connectivity index (χ1v) is 8.24. The predicted molar refractivity (Wildman–Crippen MR) is 88.5 cm³/mol. The molecular weight excluding hydrogens is 280 g/mol. The molecule has 114 valence electrons. The van der Waals surface area contributed by atoms with E-state index in [0.717, 1.165) is 35.9 Å². The van der Waals surface area contributed by atoms with Crippen molar-refractivity contribution in [2.45, 2.75) is 59.5 Å². The van der Waals surface area contributed by atoms with Crippen molar-refractivity contribution in [3.05, 3.63) is 28.7 Å². The van der Waals surface area contributed by atoms with E-state index in [2.05, 4.69) is 43.0 Å². The summed E-state index contributed by atoms with van der Waals surface area (Å²) < 4.78 is 0. The first kappa shape index (κ1) is 16.0. The average molecular weight is 304 g/mol. The Morgan fingerprint density at radius 3 is 2.62 bits per heavy atom. The summed E-state index contributed by atoms with van der Waals surface area (Å²) >= 11 is 1.74. The van der Waals surface area contributed by atoms with Gasteiger partial charge in [-0.05, 0) is 40.2 Å². The second-order valence-electron chi connectivity index (χ2n) is 6.23. The molecule has 0 unspecified atom stereocenters. The molecule has 1 N–H and O–H groups in total. The van der Waals surface area contributed by atoms with Crippen LogP contribution in [-0.2, 0) is 13.0 Å². The average Bonchev–Trinajstić information content (AvgIpc) is 2.79. The summed E-state index contributed by atoms with van der Waals surface area (Å²) in [6.45, 7) is 11.5. The Morgan fingerprint density at radius 2 is 2.00 bits per heavy atom. The molecular formula is C16H24N4S. The van der Waals surface area contributed by atoms with Gasteiger partial charge in [-0.3, -0.25) is 0 Å². The zero-order valence-electron chi connectivity index (χ0n) is 13.5. The van der Waals surface area contributed by atoms with Gasteiger partial charge in [-0.1, -0.05) is 13.3 Å². The standard InChI is InChI=1S/C16H24N4S/c1-6-7-12-14(10-18-16(3,4)5)21-15(20-12)13-8-9-17-11(2)19-13/h8-9,18H,6-7,10H2,1-5H3. The number of rotatable bonds is 5. The minimum atomic E-state index is 0.110. The van der Waals surface area contributed by atoms with Crippen molar-refractivity contribution >= 4 is 11.3 Å². The molecule has 0 atom stereocenters. The van der Waals surface area contributed by atoms with E-state index < -0.39 is 0 Å². The van der Waals surface area contributed by atoms with Crippen LogP contribution in [0.5, 0.6) is 0 Å². The Hall–Kier alpha value is -1.33. The van der Waals surface area contributed by atoms with Gasteiger partial charge in [0.2, 0.25) is 0 Å². The second kappa shape index (κ2) is 6.62. The lowest BCUT2D eigenvalue weighted by molar-refractivity contribution is 0.425. The van der Waals surface area contributed by atoms with E-state index >= 15 is 0 Å². The second-order valence-corrected chi connectivity index (χ2v) is 7.32. The first-order chi connectivity index (χ1) is 9.89. The number of thiazole rings is 1. The van der Waals surface area contributed by atoms with Gasteiger partial charge in [0.1, 0.15) is 16.5 Å². The zero-order chi connectivity index (χ0) is 15.5. The van der Waals surface area contributed by atoms with Gasteiger partial charge >= 0.3 is 0 Å². The van der Waals surface area contributed by atoms with Crippen LogP contribution in [0.3, 0.4) is 0 Å². The molecule has 2 rings (SSSR count). The van der Waals surface area contributed by atoms with Crippen molar-refractivity contribution in [2.75, 3.05) is 0 Å². The molecule has 2 aromatic heterocycles. The fourth-order valence-corrected chi connectivity index (χ4v) is 3.00. The Balaban J connectivity index is 2.28. The Bertz CT molecular complexity index is 599. The Labute approximate surface area is 131 Å². The quantitative estimate of drug-likeness (QED) is 0.914. The fraction of sp³-hybridized carbons (Fsp3) is 0.562. The van der Waals surface area contributed by atoms with Crippen LogP contribution in [0.4, 0.5) is 0 Å². The molecule has 0 aliphatic heterocycles. The lowest BCUT2D eigenvalue weighted by Crippen LogP contribution is -2.35. The van der Waals surface area contributed by atoms with Gasteiger partial charge in [0.25, 0.3) is 0 Å². The van der Waals surface area contributed by atoms with Gasteiger partial charge < -0.3 is 5.32 Å². The molecule has 21 heavy (non-hydrogen) atoms. The molecule has 0 radical (unpaired) electrons. The lowest BCUT2D eigenvalue weighted by atomic mass is 10.1. The van der Waals surface area contributed by atoms with Crippen LogP contribution in [0, 0.1) is 6.92 Å². The molecule has 2 heterocycles. The minimum absolute atomic E-state index is 0.110. The lowest BCUT2D eigenvalue weighted by Gasteiger charge is -2.20. The highest BCUT2D eigenvalue weighted by molar-refractivity contribution is 7.15. The minimum Gasteiger partial charge on any atom is -0.307 e. The number of nitrogens with zero attached hydrogens (tertiary/aromatic N) is 3. The molecule has 0 fully saturated rings. The number of aromatic nitrogens is 3. The third kappa shape index (κ3) is 4.58. The number of aryl methyl sites for hydroxylation is 2. The summed E-state index contributed by atoms with van der Waals surface area (Å²) in [7, 11) is 0. The summed E-state index contributed by atoms with van der Waals surface area (Å²) in [5, 5.41) is 4.55. The monoisotopic (exact) mass is 304 g/mol. The van der Waals surface area contributed by atoms with Gasteiger partial charge in [0.05, 0.1) is 5.69 Å². The SMILES string of the molecule is CCCc1nc(-c2ccnc(C)n2)sc1CNC(C)(C)C. The van der Waals surface area contributed by atoms with Gasteiger partial charge in [-0.15, -0.1) is 11.3 Å². The fourth-order valence-electron chi connectivity index (χ4n) is 1.98. The zero-order valence-corrected chi connectivity index (χ0v) is 14.3. The van der Waals surface area contributed by atoms with Crippen molar-refractivity contribution in [3.63, 3.8) is 0 Å². The molecule has 0 spiro atoms. The highest BCUT2D eigenvalue weighted by atomic mass is 32.1. The normalized spacial score (nSPS) is 11.9. The van der Waals surface area contributed by atoms with Gasteiger partial charge in [0.15, 0.2) is 0 Å². The van der Waals surface area contributed by atoms with Crippen LogP contribution in [0.1, 0.15) is 50.5 Å². The van der Waals surface area contributed by atoms with Crippen LogP contribution in [0.25, 0.3) is 10.7 Å². The molecule has 0 saturated heterocycles. The topological polar surface area (TPSA) is 50.7 Å². The summed E-state index contributed by atoms with van der Waals surface area (Å²) in [6.07, 6.45) is 3.92. The van der Waals surface area contributed by atoms with Crippen LogP contribution in [0.2, 0.25) is 0 Å². The molecule has 2 aromatic rings. The highest BCUT2D eigenvalue weighted by Gasteiger charge is 2.16. The summed E-state index contributed by atoms with van der Waals surface area (Å²) in [6, 6.07) is 1.93. The van der Waals surface area contributed by atoms with E-state index in [1.807, 2.05) is 13.0 Å². The van der Waals surface area contributed by atoms with E-state index in [1.54, 1.807) is 17.5 Å². The number of hydrogen-bond acceptors (Lipinski definition) is 5. The molecule has 0 bridgehead atoms. The molecule has 0 saturated carbocycles. The van der Waals surface area contributed by atoms with Crippen LogP contribution >= 0.6 is 11.3 Å². The van der Waals surface area contributed by atoms with Crippen LogP contribution in [-0.4, -0.2) is 20.5 Å². The van der Waals surface area contributed by atoms with Crippen molar-refractivity contribution < 1.29 is 0 Å². The maximum atomic E-state index is 4.80. The van der Waals surface area contributed by atoms with E-state index in [1.165, 1.54) is 10.6 Å². The van der Waals surface area contributed by atoms with Gasteiger partial charge in [0, 0.05) is 23.2 Å². The number of nitrogens with one attached hydrogen (secondary N) is 1. The van der Waals surface area contributed by atoms with Crippen molar-refractivity contribution in [1.82, 2.24) is 20.3 Å². The van der Waals surface area contributed by atoms with Crippen LogP contribution in [0.15, 0.2) is 12.3 Å². The highest BCUT2D eigenvalue weighted by Crippen LogP contribution is 2.28. The maximum absolute atomic E-state index is 4.80. The molecule has 0 amide bonds. The summed E-state index contributed by atoms with van der Waals surface area (Å²) in [4.78, 5) is 14.8. The summed E-state index contributed by atoms with van der Waals surface area (Å²) in [5.74, 6) is 0.786. The van der Waals surface area contributed by atoms with Gasteiger partial charge in [-0.2, -0.15) is 0 Å².